The van der Waals surface area contributed by atoms with E-state index in [0.29, 0.717) is 16.5 Å². The number of nitrogens with one attached hydrogen (secondary N) is 1. The highest BCUT2D eigenvalue weighted by molar-refractivity contribution is 7.12. The van der Waals surface area contributed by atoms with Gasteiger partial charge in [0.2, 0.25) is 5.13 Å². The van der Waals surface area contributed by atoms with E-state index in [9.17, 15) is 18.0 Å². The molecule has 0 aliphatic rings. The number of nitrogens with zero attached hydrogens (tertiary/aromatic N) is 4. The Labute approximate surface area is 172 Å². The van der Waals surface area contributed by atoms with Crippen LogP contribution < -0.4 is 5.56 Å². The number of hydrogen-bond donors (Lipinski definition) is 1. The average molecular weight is 429 g/mol. The van der Waals surface area contributed by atoms with Crippen LogP contribution in [0.2, 0.25) is 0 Å². The summed E-state index contributed by atoms with van der Waals surface area (Å²) in [4.78, 5) is 17.2. The number of aromatic amines is 1. The summed E-state index contributed by atoms with van der Waals surface area (Å²) in [6.07, 6.45) is -4.57. The van der Waals surface area contributed by atoms with Gasteiger partial charge in [0.25, 0.3) is 0 Å². The highest BCUT2D eigenvalue weighted by Gasteiger charge is 2.33. The predicted molar refractivity (Wildman–Crippen MR) is 108 cm³/mol. The molecule has 0 fully saturated rings. The van der Waals surface area contributed by atoms with Crippen LogP contribution in [0.15, 0.2) is 75.0 Å². The van der Waals surface area contributed by atoms with Crippen molar-refractivity contribution in [1.29, 1.82) is 0 Å². The van der Waals surface area contributed by atoms with Crippen LogP contribution >= 0.6 is 11.3 Å². The van der Waals surface area contributed by atoms with Crippen molar-refractivity contribution in [3.8, 4) is 16.4 Å². The van der Waals surface area contributed by atoms with Crippen molar-refractivity contribution in [2.75, 3.05) is 0 Å². The van der Waals surface area contributed by atoms with Crippen molar-refractivity contribution < 1.29 is 13.2 Å². The van der Waals surface area contributed by atoms with E-state index in [-0.39, 0.29) is 11.4 Å². The third-order valence-corrected chi connectivity index (χ3v) is 5.09. The number of azo groups is 1. The lowest BCUT2D eigenvalue weighted by Crippen LogP contribution is -2.13. The molecule has 0 unspecified atom stereocenters. The molecule has 0 atom stereocenters. The Morgan fingerprint density at radius 3 is 2.47 bits per heavy atom. The summed E-state index contributed by atoms with van der Waals surface area (Å²) < 4.78 is 40.6. The highest BCUT2D eigenvalue weighted by atomic mass is 32.1. The molecular formula is C20H14F3N5OS. The molecule has 2 aromatic heterocycles. The van der Waals surface area contributed by atoms with Gasteiger partial charge in [0.1, 0.15) is 0 Å². The molecule has 2 aromatic carbocycles. The highest BCUT2D eigenvalue weighted by Crippen LogP contribution is 2.36. The van der Waals surface area contributed by atoms with Gasteiger partial charge < -0.3 is 0 Å². The molecule has 6 nitrogen and oxygen atoms in total. The molecule has 2 heterocycles. The van der Waals surface area contributed by atoms with Crippen molar-refractivity contribution in [2.24, 2.45) is 10.2 Å². The van der Waals surface area contributed by atoms with E-state index in [4.69, 9.17) is 0 Å². The van der Waals surface area contributed by atoms with Crippen LogP contribution in [-0.4, -0.2) is 14.8 Å². The third kappa shape index (κ3) is 3.81. The first-order chi connectivity index (χ1) is 14.3. The number of rotatable bonds is 4. The minimum absolute atomic E-state index is 0.0801. The first-order valence-corrected chi connectivity index (χ1v) is 9.63. The van der Waals surface area contributed by atoms with Crippen molar-refractivity contribution in [1.82, 2.24) is 14.8 Å². The standard InChI is InChI=1S/C20H14F3N5OS/c1-12-17(26-25-15-10-6-5-9-14(15)20(21,22)23)18(29)28(27-12)19-24-16(11-30-19)13-7-3-2-4-8-13/h2-11,27H,1H3. The number of H-pyrrole nitrogens is 1. The number of hydrogen-bond acceptors (Lipinski definition) is 5. The Morgan fingerprint density at radius 2 is 1.73 bits per heavy atom. The molecule has 0 spiro atoms. The fourth-order valence-corrected chi connectivity index (χ4v) is 3.59. The van der Waals surface area contributed by atoms with Crippen molar-refractivity contribution in [3.63, 3.8) is 0 Å². The quantitative estimate of drug-likeness (QED) is 0.402. The molecule has 30 heavy (non-hydrogen) atoms. The van der Waals surface area contributed by atoms with E-state index in [1.807, 2.05) is 35.7 Å². The zero-order valence-corrected chi connectivity index (χ0v) is 16.3. The van der Waals surface area contributed by atoms with Gasteiger partial charge in [0, 0.05) is 10.9 Å². The topological polar surface area (TPSA) is 75.4 Å². The summed E-state index contributed by atoms with van der Waals surface area (Å²) in [5.41, 5.74) is 0.0618. The number of thiazole rings is 1. The second kappa shape index (κ2) is 7.71. The predicted octanol–water partition coefficient (Wildman–Crippen LogP) is 6.03. The molecule has 0 saturated heterocycles. The van der Waals surface area contributed by atoms with E-state index < -0.39 is 17.3 Å². The van der Waals surface area contributed by atoms with Gasteiger partial charge in [0.05, 0.1) is 22.6 Å². The molecule has 4 aromatic rings. The summed E-state index contributed by atoms with van der Waals surface area (Å²) in [7, 11) is 0. The van der Waals surface area contributed by atoms with Gasteiger partial charge in [-0.05, 0) is 19.1 Å². The van der Waals surface area contributed by atoms with Gasteiger partial charge in [-0.15, -0.1) is 21.6 Å². The Kier molecular flexibility index (Phi) is 5.08. The fraction of sp³-hybridized carbons (Fsp3) is 0.100. The van der Waals surface area contributed by atoms with Crippen LogP contribution in [0.5, 0.6) is 0 Å². The summed E-state index contributed by atoms with van der Waals surface area (Å²) in [5.74, 6) is 0. The monoisotopic (exact) mass is 429 g/mol. The van der Waals surface area contributed by atoms with E-state index in [0.717, 1.165) is 11.6 Å². The molecule has 0 amide bonds. The molecular weight excluding hydrogens is 415 g/mol. The Morgan fingerprint density at radius 1 is 1.03 bits per heavy atom. The van der Waals surface area contributed by atoms with Gasteiger partial charge in [0.15, 0.2) is 5.69 Å². The van der Waals surface area contributed by atoms with Crippen LogP contribution in [0.3, 0.4) is 0 Å². The maximum Gasteiger partial charge on any atom is 0.418 e. The number of benzene rings is 2. The summed E-state index contributed by atoms with van der Waals surface area (Å²) in [5, 5.41) is 12.5. The zero-order valence-electron chi connectivity index (χ0n) is 15.5. The summed E-state index contributed by atoms with van der Waals surface area (Å²) in [6, 6.07) is 14.3. The van der Waals surface area contributed by atoms with E-state index in [1.54, 1.807) is 6.92 Å². The van der Waals surface area contributed by atoms with E-state index >= 15 is 0 Å². The Bertz CT molecular complexity index is 1270. The molecule has 0 aliphatic heterocycles. The van der Waals surface area contributed by atoms with Crippen LogP contribution in [0.1, 0.15) is 11.3 Å². The molecule has 0 bridgehead atoms. The van der Waals surface area contributed by atoms with Gasteiger partial charge in [-0.1, -0.05) is 42.5 Å². The number of alkyl halides is 3. The van der Waals surface area contributed by atoms with Crippen LogP contribution in [-0.2, 0) is 6.18 Å². The minimum Gasteiger partial charge on any atom is -0.291 e. The number of aryl methyl sites for hydroxylation is 1. The molecule has 152 valence electrons. The van der Waals surface area contributed by atoms with Gasteiger partial charge in [-0.25, -0.2) is 4.98 Å². The van der Waals surface area contributed by atoms with Crippen LogP contribution in [0, 0.1) is 6.92 Å². The Hall–Kier alpha value is -3.53. The number of halogens is 3. The van der Waals surface area contributed by atoms with E-state index in [2.05, 4.69) is 20.3 Å². The molecule has 10 heteroatoms. The first kappa shape index (κ1) is 19.8. The van der Waals surface area contributed by atoms with Crippen LogP contribution in [0.4, 0.5) is 24.5 Å². The lowest BCUT2D eigenvalue weighted by Gasteiger charge is -2.07. The van der Waals surface area contributed by atoms with Gasteiger partial charge in [-0.2, -0.15) is 17.9 Å². The molecule has 0 radical (unpaired) electrons. The summed E-state index contributed by atoms with van der Waals surface area (Å²) in [6.45, 7) is 1.59. The smallest absolute Gasteiger partial charge is 0.291 e. The first-order valence-electron chi connectivity index (χ1n) is 8.75. The van der Waals surface area contributed by atoms with Gasteiger partial charge in [-0.3, -0.25) is 9.89 Å². The second-order valence-electron chi connectivity index (χ2n) is 6.32. The van der Waals surface area contributed by atoms with Crippen molar-refractivity contribution in [3.05, 3.63) is 81.6 Å². The fourth-order valence-electron chi connectivity index (χ4n) is 2.80. The van der Waals surface area contributed by atoms with Crippen molar-refractivity contribution >= 4 is 22.7 Å². The molecule has 0 saturated carbocycles. The maximum absolute atomic E-state index is 13.1. The lowest BCUT2D eigenvalue weighted by molar-refractivity contribution is -0.137. The van der Waals surface area contributed by atoms with E-state index in [1.165, 1.54) is 34.2 Å². The molecule has 0 aliphatic carbocycles. The molecule has 4 rings (SSSR count). The summed E-state index contributed by atoms with van der Waals surface area (Å²) >= 11 is 1.25. The normalized spacial score (nSPS) is 12.0. The zero-order chi connectivity index (χ0) is 21.3. The average Bonchev–Trinajstić information content (AvgIpc) is 3.32. The van der Waals surface area contributed by atoms with Crippen LogP contribution in [0.25, 0.3) is 16.4 Å². The molecule has 1 N–H and O–H groups in total. The van der Waals surface area contributed by atoms with Gasteiger partial charge >= 0.3 is 11.7 Å². The Balaban J connectivity index is 1.69. The third-order valence-electron chi connectivity index (χ3n) is 4.26. The minimum atomic E-state index is -4.57. The maximum atomic E-state index is 13.1. The largest absolute Gasteiger partial charge is 0.418 e. The SMILES string of the molecule is Cc1[nH]n(-c2nc(-c3ccccc3)cs2)c(=O)c1N=Nc1ccccc1C(F)(F)F. The second-order valence-corrected chi connectivity index (χ2v) is 7.16. The van der Waals surface area contributed by atoms with Crippen molar-refractivity contribution in [2.45, 2.75) is 13.1 Å². The number of aromatic nitrogens is 3. The lowest BCUT2D eigenvalue weighted by atomic mass is 10.2.